The van der Waals surface area contributed by atoms with Crippen molar-refractivity contribution in [3.8, 4) is 11.5 Å². The lowest BCUT2D eigenvalue weighted by Gasteiger charge is -2.38. The van der Waals surface area contributed by atoms with E-state index in [4.69, 9.17) is 9.47 Å². The second kappa shape index (κ2) is 7.62. The zero-order valence-electron chi connectivity index (χ0n) is 17.4. The Morgan fingerprint density at radius 3 is 2.56 bits per heavy atom. The van der Waals surface area contributed by atoms with E-state index < -0.39 is 23.7 Å². The first-order chi connectivity index (χ1) is 15.3. The number of aryl methyl sites for hydroxylation is 1. The molecular weight excluding hydrogens is 421 g/mol. The van der Waals surface area contributed by atoms with Crippen LogP contribution >= 0.6 is 0 Å². The van der Waals surface area contributed by atoms with E-state index in [0.29, 0.717) is 37.8 Å². The smallest absolute Gasteiger partial charge is 0.416 e. The summed E-state index contributed by atoms with van der Waals surface area (Å²) < 4.78 is 53.7. The molecule has 8 heteroatoms. The zero-order chi connectivity index (χ0) is 22.5. The van der Waals surface area contributed by atoms with Crippen molar-refractivity contribution < 1.29 is 27.4 Å². The molecule has 0 bridgehead atoms. The van der Waals surface area contributed by atoms with Crippen LogP contribution in [0, 0.1) is 6.92 Å². The first-order valence-corrected chi connectivity index (χ1v) is 10.4. The Morgan fingerprint density at radius 1 is 1.00 bits per heavy atom. The fraction of sp³-hybridized carbons (Fsp3) is 0.292. The van der Waals surface area contributed by atoms with Gasteiger partial charge in [-0.1, -0.05) is 12.1 Å². The molecule has 0 spiro atoms. The fourth-order valence-electron chi connectivity index (χ4n) is 4.41. The summed E-state index contributed by atoms with van der Waals surface area (Å²) in [5.74, 6) is 0.791. The summed E-state index contributed by atoms with van der Waals surface area (Å²) in [6.45, 7) is 3.23. The van der Waals surface area contributed by atoms with Gasteiger partial charge in [0, 0.05) is 30.5 Å². The minimum Gasteiger partial charge on any atom is -0.486 e. The number of fused-ring (bicyclic) bond motifs is 2. The lowest BCUT2D eigenvalue weighted by atomic mass is 9.97. The molecule has 0 saturated heterocycles. The molecule has 1 amide bonds. The van der Waals surface area contributed by atoms with E-state index in [0.717, 1.165) is 17.3 Å². The Morgan fingerprint density at radius 2 is 1.78 bits per heavy atom. The van der Waals surface area contributed by atoms with Crippen LogP contribution in [0.4, 0.5) is 13.2 Å². The van der Waals surface area contributed by atoms with E-state index in [1.807, 2.05) is 36.5 Å². The maximum Gasteiger partial charge on any atom is 0.416 e. The maximum absolute atomic E-state index is 13.5. The highest BCUT2D eigenvalue weighted by atomic mass is 19.4. The summed E-state index contributed by atoms with van der Waals surface area (Å²) in [4.78, 5) is 15.1. The van der Waals surface area contributed by atoms with E-state index in [1.54, 1.807) is 4.90 Å². The highest BCUT2D eigenvalue weighted by Gasteiger charge is 2.36. The van der Waals surface area contributed by atoms with Gasteiger partial charge in [0.05, 0.1) is 11.6 Å². The van der Waals surface area contributed by atoms with Crippen LogP contribution < -0.4 is 9.47 Å². The number of rotatable bonds is 2. The Labute approximate surface area is 183 Å². The van der Waals surface area contributed by atoms with Crippen molar-refractivity contribution in [3.63, 3.8) is 0 Å². The lowest BCUT2D eigenvalue weighted by Crippen LogP contribution is -2.42. The predicted molar refractivity (Wildman–Crippen MR) is 111 cm³/mol. The Balaban J connectivity index is 1.57. The largest absolute Gasteiger partial charge is 0.486 e. The summed E-state index contributed by atoms with van der Waals surface area (Å²) in [5.41, 5.74) is 1.02. The normalized spacial score (nSPS) is 17.8. The van der Waals surface area contributed by atoms with Gasteiger partial charge in [0.2, 0.25) is 0 Å². The van der Waals surface area contributed by atoms with Crippen molar-refractivity contribution in [3.05, 3.63) is 82.7 Å². The van der Waals surface area contributed by atoms with Crippen LogP contribution in [0.3, 0.4) is 0 Å². The second-order valence-corrected chi connectivity index (χ2v) is 7.96. The predicted octanol–water partition coefficient (Wildman–Crippen LogP) is 4.83. The molecule has 0 unspecified atom stereocenters. The Kier molecular flexibility index (Phi) is 4.87. The van der Waals surface area contributed by atoms with Crippen molar-refractivity contribution in [1.29, 1.82) is 0 Å². The molecule has 0 aliphatic carbocycles. The van der Waals surface area contributed by atoms with Gasteiger partial charge in [-0.05, 0) is 54.4 Å². The molecule has 0 N–H and O–H groups in total. The van der Waals surface area contributed by atoms with Crippen LogP contribution in [0.2, 0.25) is 0 Å². The molecule has 2 aromatic carbocycles. The lowest BCUT2D eigenvalue weighted by molar-refractivity contribution is -0.138. The SMILES string of the molecule is Cc1ccc(C(=O)N2CCn3cccc3[C@H]2c2ccc3c(c2)OCCO3)cc1C(F)(F)F. The van der Waals surface area contributed by atoms with Crippen molar-refractivity contribution in [1.82, 2.24) is 9.47 Å². The number of carbonyl (C=O) groups excluding carboxylic acids is 1. The average molecular weight is 442 g/mol. The molecule has 1 aromatic heterocycles. The fourth-order valence-corrected chi connectivity index (χ4v) is 4.41. The molecule has 0 saturated carbocycles. The number of aromatic nitrogens is 1. The summed E-state index contributed by atoms with van der Waals surface area (Å²) >= 11 is 0. The standard InChI is InChI=1S/C24H21F3N2O3/c1-15-4-5-17(13-18(15)24(25,26)27)23(30)29-10-9-28-8-2-3-19(28)22(29)16-6-7-20-21(14-16)32-12-11-31-20/h2-8,13-14,22H,9-12H2,1H3/t22-/m1/s1. The molecule has 0 radical (unpaired) electrons. The van der Waals surface area contributed by atoms with Crippen molar-refractivity contribution in [2.24, 2.45) is 0 Å². The summed E-state index contributed by atoms with van der Waals surface area (Å²) in [7, 11) is 0. The van der Waals surface area contributed by atoms with Crippen LogP contribution in [0.25, 0.3) is 0 Å². The van der Waals surface area contributed by atoms with Gasteiger partial charge in [0.15, 0.2) is 11.5 Å². The van der Waals surface area contributed by atoms with Gasteiger partial charge >= 0.3 is 6.18 Å². The number of hydrogen-bond donors (Lipinski definition) is 0. The van der Waals surface area contributed by atoms with E-state index >= 15 is 0 Å². The van der Waals surface area contributed by atoms with E-state index in [2.05, 4.69) is 4.57 Å². The van der Waals surface area contributed by atoms with Crippen LogP contribution in [0.1, 0.15) is 38.8 Å². The van der Waals surface area contributed by atoms with Crippen molar-refractivity contribution >= 4 is 5.91 Å². The quantitative estimate of drug-likeness (QED) is 0.571. The van der Waals surface area contributed by atoms with Crippen molar-refractivity contribution in [2.75, 3.05) is 19.8 Å². The third kappa shape index (κ3) is 3.49. The number of hydrogen-bond acceptors (Lipinski definition) is 3. The molecule has 5 rings (SSSR count). The molecule has 5 nitrogen and oxygen atoms in total. The number of nitrogens with zero attached hydrogens (tertiary/aromatic N) is 2. The number of alkyl halides is 3. The number of ether oxygens (including phenoxy) is 2. The monoisotopic (exact) mass is 442 g/mol. The highest BCUT2D eigenvalue weighted by Crippen LogP contribution is 2.39. The third-order valence-electron chi connectivity index (χ3n) is 5.97. The van der Waals surface area contributed by atoms with E-state index in [-0.39, 0.29) is 11.1 Å². The van der Waals surface area contributed by atoms with Gasteiger partial charge in [-0.25, -0.2) is 0 Å². The molecular formula is C24H21F3N2O3. The summed E-state index contributed by atoms with van der Waals surface area (Å²) in [6, 6.07) is 12.7. The number of benzene rings is 2. The number of carbonyl (C=O) groups is 1. The molecule has 3 heterocycles. The average Bonchev–Trinajstić information content (AvgIpc) is 3.26. The number of amides is 1. The maximum atomic E-state index is 13.5. The van der Waals surface area contributed by atoms with Crippen LogP contribution in [0.5, 0.6) is 11.5 Å². The molecule has 32 heavy (non-hydrogen) atoms. The van der Waals surface area contributed by atoms with Crippen LogP contribution in [0.15, 0.2) is 54.7 Å². The minimum atomic E-state index is -4.52. The third-order valence-corrected chi connectivity index (χ3v) is 5.97. The van der Waals surface area contributed by atoms with Gasteiger partial charge in [-0.2, -0.15) is 13.2 Å². The van der Waals surface area contributed by atoms with Gasteiger partial charge < -0.3 is 18.9 Å². The van der Waals surface area contributed by atoms with Gasteiger partial charge in [-0.3, -0.25) is 4.79 Å². The zero-order valence-corrected chi connectivity index (χ0v) is 17.4. The molecule has 1 atom stereocenters. The van der Waals surface area contributed by atoms with Gasteiger partial charge in [-0.15, -0.1) is 0 Å². The van der Waals surface area contributed by atoms with E-state index in [9.17, 15) is 18.0 Å². The Bertz CT molecular complexity index is 1190. The Hall–Kier alpha value is -3.42. The molecule has 3 aromatic rings. The van der Waals surface area contributed by atoms with Crippen LogP contribution in [-0.4, -0.2) is 35.1 Å². The van der Waals surface area contributed by atoms with Crippen molar-refractivity contribution in [2.45, 2.75) is 25.7 Å². The van der Waals surface area contributed by atoms with Crippen LogP contribution in [-0.2, 0) is 12.7 Å². The molecule has 166 valence electrons. The molecule has 0 fully saturated rings. The van der Waals surface area contributed by atoms with Gasteiger partial charge in [0.1, 0.15) is 13.2 Å². The summed E-state index contributed by atoms with van der Waals surface area (Å²) in [5, 5.41) is 0. The summed E-state index contributed by atoms with van der Waals surface area (Å²) in [6.07, 6.45) is -2.58. The first-order valence-electron chi connectivity index (χ1n) is 10.4. The topological polar surface area (TPSA) is 43.7 Å². The molecule has 2 aliphatic heterocycles. The van der Waals surface area contributed by atoms with Gasteiger partial charge in [0.25, 0.3) is 5.91 Å². The van der Waals surface area contributed by atoms with E-state index in [1.165, 1.54) is 19.1 Å². The molecule has 2 aliphatic rings. The highest BCUT2D eigenvalue weighted by molar-refractivity contribution is 5.95. The number of halogens is 3. The second-order valence-electron chi connectivity index (χ2n) is 7.96. The minimum absolute atomic E-state index is 0.0190. The first kappa shape index (κ1) is 20.5.